The Hall–Kier alpha value is -1.52. The molecule has 0 bridgehead atoms. The first-order valence-electron chi connectivity index (χ1n) is 17.6. The largest absolute Gasteiger partial charge is 0.480 e. The predicted octanol–water partition coefficient (Wildman–Crippen LogP) is 8.00. The minimum absolute atomic E-state index is 0.168. The molecule has 11 nitrogen and oxygen atoms in total. The molecule has 3 atom stereocenters. The van der Waals surface area contributed by atoms with Gasteiger partial charge in [0.25, 0.3) is 0 Å². The van der Waals surface area contributed by atoms with Crippen LogP contribution in [0.25, 0.3) is 0 Å². The van der Waals surface area contributed by atoms with Crippen LogP contribution < -0.4 is 5.73 Å². The molecule has 0 aromatic rings. The minimum atomic E-state index is -4.69. The third-order valence-corrected chi connectivity index (χ3v) is 8.56. The van der Waals surface area contributed by atoms with Crippen LogP contribution in [0.3, 0.4) is 0 Å². The van der Waals surface area contributed by atoms with Gasteiger partial charge in [-0.15, -0.1) is 0 Å². The van der Waals surface area contributed by atoms with E-state index in [9.17, 15) is 23.8 Å². The van der Waals surface area contributed by atoms with E-state index in [0.717, 1.165) is 51.4 Å². The number of phosphoric ester groups is 1. The molecule has 0 spiro atoms. The number of phosphoric acid groups is 1. The standard InChI is InChI=1S/C33H64NO10P/c1-3-5-7-9-11-12-13-14-15-16-17-18-19-21-23-25-32(36)44-29(26-41-31(35)24-22-20-10-8-6-4-2)27-42-45(39,40)43-28-30(34)33(37)38/h29-30H,3-28,34H2,1-2H3,(H,37,38)(H,39,40). The lowest BCUT2D eigenvalue weighted by Crippen LogP contribution is -2.34. The van der Waals surface area contributed by atoms with E-state index in [1.165, 1.54) is 70.6 Å². The summed E-state index contributed by atoms with van der Waals surface area (Å²) in [6.07, 6.45) is 23.5. The molecule has 0 aliphatic carbocycles. The van der Waals surface area contributed by atoms with Gasteiger partial charge in [0.05, 0.1) is 13.2 Å². The van der Waals surface area contributed by atoms with E-state index in [-0.39, 0.29) is 19.4 Å². The van der Waals surface area contributed by atoms with E-state index in [4.69, 9.17) is 24.8 Å². The molecule has 0 fully saturated rings. The highest BCUT2D eigenvalue weighted by atomic mass is 31.2. The highest BCUT2D eigenvalue weighted by molar-refractivity contribution is 7.47. The number of carbonyl (C=O) groups is 3. The molecule has 266 valence electrons. The molecular formula is C33H64NO10P. The van der Waals surface area contributed by atoms with Gasteiger partial charge in [-0.05, 0) is 12.8 Å². The highest BCUT2D eigenvalue weighted by Gasteiger charge is 2.28. The molecule has 0 aliphatic heterocycles. The second-order valence-corrected chi connectivity index (χ2v) is 13.5. The summed E-state index contributed by atoms with van der Waals surface area (Å²) >= 11 is 0. The molecule has 0 saturated carbocycles. The fraction of sp³-hybridized carbons (Fsp3) is 0.909. The van der Waals surface area contributed by atoms with Gasteiger partial charge in [-0.3, -0.25) is 23.4 Å². The zero-order valence-corrected chi connectivity index (χ0v) is 29.1. The Bertz CT molecular complexity index is 797. The average Bonchev–Trinajstić information content (AvgIpc) is 3.00. The SMILES string of the molecule is CCCCCCCCCCCCCCCCCC(=O)OC(COC(=O)CCCCCCCC)COP(=O)(O)OCC(N)C(=O)O. The first-order chi connectivity index (χ1) is 21.6. The molecule has 0 aromatic heterocycles. The van der Waals surface area contributed by atoms with Crippen LogP contribution in [-0.2, 0) is 37.5 Å². The number of carbonyl (C=O) groups excluding carboxylic acids is 2. The van der Waals surface area contributed by atoms with Gasteiger partial charge in [-0.1, -0.05) is 136 Å². The maximum Gasteiger partial charge on any atom is 0.472 e. The minimum Gasteiger partial charge on any atom is -0.480 e. The summed E-state index contributed by atoms with van der Waals surface area (Å²) in [5.41, 5.74) is 5.29. The topological polar surface area (TPSA) is 172 Å². The van der Waals surface area contributed by atoms with Crippen molar-refractivity contribution < 1.29 is 47.5 Å². The van der Waals surface area contributed by atoms with Crippen molar-refractivity contribution >= 4 is 25.7 Å². The van der Waals surface area contributed by atoms with Crippen LogP contribution in [0.2, 0.25) is 0 Å². The lowest BCUT2D eigenvalue weighted by atomic mass is 10.0. The van der Waals surface area contributed by atoms with E-state index in [1.807, 2.05) is 0 Å². The summed E-state index contributed by atoms with van der Waals surface area (Å²) in [6.45, 7) is 2.71. The molecule has 0 radical (unpaired) electrons. The summed E-state index contributed by atoms with van der Waals surface area (Å²) in [4.78, 5) is 45.4. The fourth-order valence-corrected chi connectivity index (χ4v) is 5.55. The molecule has 12 heteroatoms. The number of hydrogen-bond donors (Lipinski definition) is 3. The summed E-state index contributed by atoms with van der Waals surface area (Å²) < 4.78 is 32.3. The molecule has 0 amide bonds. The highest BCUT2D eigenvalue weighted by Crippen LogP contribution is 2.43. The van der Waals surface area contributed by atoms with Gasteiger partial charge in [0.1, 0.15) is 12.6 Å². The number of unbranched alkanes of at least 4 members (excludes halogenated alkanes) is 19. The third-order valence-electron chi connectivity index (χ3n) is 7.61. The average molecular weight is 666 g/mol. The Balaban J connectivity index is 4.36. The Labute approximate surface area is 272 Å². The van der Waals surface area contributed by atoms with Crippen LogP contribution in [0.5, 0.6) is 0 Å². The van der Waals surface area contributed by atoms with Crippen molar-refractivity contribution in [1.82, 2.24) is 0 Å². The molecule has 0 heterocycles. The van der Waals surface area contributed by atoms with Gasteiger partial charge in [-0.2, -0.15) is 0 Å². The zero-order chi connectivity index (χ0) is 33.6. The number of aliphatic carboxylic acids is 1. The van der Waals surface area contributed by atoms with E-state index >= 15 is 0 Å². The zero-order valence-electron chi connectivity index (χ0n) is 28.2. The Kier molecular flexibility index (Phi) is 28.8. The Morgan fingerprint density at radius 2 is 0.978 bits per heavy atom. The van der Waals surface area contributed by atoms with Gasteiger partial charge < -0.3 is 25.2 Å². The fourth-order valence-electron chi connectivity index (χ4n) is 4.77. The van der Waals surface area contributed by atoms with Crippen LogP contribution >= 0.6 is 7.82 Å². The molecule has 45 heavy (non-hydrogen) atoms. The number of carboxylic acid groups (broad SMARTS) is 1. The summed E-state index contributed by atoms with van der Waals surface area (Å²) in [7, 11) is -4.69. The maximum atomic E-state index is 12.5. The molecular weight excluding hydrogens is 601 g/mol. The summed E-state index contributed by atoms with van der Waals surface area (Å²) in [5, 5.41) is 8.82. The van der Waals surface area contributed by atoms with Crippen LogP contribution in [-0.4, -0.2) is 59.9 Å². The molecule has 0 aromatic carbocycles. The van der Waals surface area contributed by atoms with Gasteiger partial charge in [-0.25, -0.2) is 4.57 Å². The molecule has 0 saturated heterocycles. The van der Waals surface area contributed by atoms with Crippen molar-refractivity contribution in [3.05, 3.63) is 0 Å². The number of hydrogen-bond acceptors (Lipinski definition) is 9. The van der Waals surface area contributed by atoms with Crippen LogP contribution in [0.15, 0.2) is 0 Å². The van der Waals surface area contributed by atoms with Crippen LogP contribution in [0.1, 0.15) is 162 Å². The van der Waals surface area contributed by atoms with Gasteiger partial charge in [0, 0.05) is 12.8 Å². The van der Waals surface area contributed by atoms with Crippen LogP contribution in [0, 0.1) is 0 Å². The smallest absolute Gasteiger partial charge is 0.472 e. The van der Waals surface area contributed by atoms with Gasteiger partial charge in [0.15, 0.2) is 6.10 Å². The number of carboxylic acids is 1. The summed E-state index contributed by atoms with van der Waals surface area (Å²) in [6, 6.07) is -1.51. The van der Waals surface area contributed by atoms with E-state index in [0.29, 0.717) is 12.8 Å². The predicted molar refractivity (Wildman–Crippen MR) is 176 cm³/mol. The first kappa shape index (κ1) is 43.5. The second kappa shape index (κ2) is 29.9. The summed E-state index contributed by atoms with van der Waals surface area (Å²) in [5.74, 6) is -2.38. The normalized spacial score (nSPS) is 14.0. The number of esters is 2. The van der Waals surface area contributed by atoms with E-state index in [2.05, 4.69) is 18.4 Å². The molecule has 0 aliphatic rings. The van der Waals surface area contributed by atoms with Crippen molar-refractivity contribution in [3.8, 4) is 0 Å². The van der Waals surface area contributed by atoms with Crippen molar-refractivity contribution in [1.29, 1.82) is 0 Å². The Morgan fingerprint density at radius 1 is 0.600 bits per heavy atom. The maximum absolute atomic E-state index is 12.5. The monoisotopic (exact) mass is 665 g/mol. The molecule has 4 N–H and O–H groups in total. The van der Waals surface area contributed by atoms with Gasteiger partial charge >= 0.3 is 25.7 Å². The van der Waals surface area contributed by atoms with E-state index < -0.39 is 51.1 Å². The molecule has 0 rings (SSSR count). The lowest BCUT2D eigenvalue weighted by Gasteiger charge is -2.20. The number of rotatable bonds is 33. The van der Waals surface area contributed by atoms with Crippen molar-refractivity contribution in [2.45, 2.75) is 174 Å². The lowest BCUT2D eigenvalue weighted by molar-refractivity contribution is -0.161. The third kappa shape index (κ3) is 29.6. The van der Waals surface area contributed by atoms with Crippen LogP contribution in [0.4, 0.5) is 0 Å². The number of nitrogens with two attached hydrogens (primary N) is 1. The number of ether oxygens (including phenoxy) is 2. The van der Waals surface area contributed by atoms with Gasteiger partial charge in [0.2, 0.25) is 0 Å². The van der Waals surface area contributed by atoms with Crippen molar-refractivity contribution in [3.63, 3.8) is 0 Å². The van der Waals surface area contributed by atoms with Crippen molar-refractivity contribution in [2.24, 2.45) is 5.73 Å². The Morgan fingerprint density at radius 3 is 1.40 bits per heavy atom. The quantitative estimate of drug-likeness (QED) is 0.0352. The molecule has 3 unspecified atom stereocenters. The van der Waals surface area contributed by atoms with Crippen molar-refractivity contribution in [2.75, 3.05) is 19.8 Å². The second-order valence-electron chi connectivity index (χ2n) is 12.0. The first-order valence-corrected chi connectivity index (χ1v) is 19.1. The van der Waals surface area contributed by atoms with E-state index in [1.54, 1.807) is 0 Å².